The Morgan fingerprint density at radius 3 is 2.19 bits per heavy atom. The summed E-state index contributed by atoms with van der Waals surface area (Å²) in [5.41, 5.74) is 0. The van der Waals surface area contributed by atoms with Crippen molar-refractivity contribution in [3.63, 3.8) is 0 Å². The van der Waals surface area contributed by atoms with Crippen LogP contribution < -0.4 is 10.6 Å². The van der Waals surface area contributed by atoms with Crippen LogP contribution in [0.1, 0.15) is 33.6 Å². The number of nitrogens with zero attached hydrogens (tertiary/aromatic N) is 1. The van der Waals surface area contributed by atoms with Gasteiger partial charge in [-0.3, -0.25) is 15.0 Å². The summed E-state index contributed by atoms with van der Waals surface area (Å²) < 4.78 is 11.3. The van der Waals surface area contributed by atoms with Gasteiger partial charge < -0.3 is 14.8 Å². The molecule has 0 aromatic carbocycles. The minimum atomic E-state index is -0.446. The van der Waals surface area contributed by atoms with E-state index in [4.69, 9.17) is 9.47 Å². The fourth-order valence-electron chi connectivity index (χ4n) is 2.72. The van der Waals surface area contributed by atoms with Crippen LogP contribution in [0.4, 0.5) is 4.79 Å². The Balaban J connectivity index is 1.79. The number of ether oxygens (including phenoxy) is 2. The number of amides is 3. The second-order valence-corrected chi connectivity index (χ2v) is 5.94. The molecule has 0 aromatic heterocycles. The predicted octanol–water partition coefficient (Wildman–Crippen LogP) is 0.448. The van der Waals surface area contributed by atoms with Crippen molar-refractivity contribution >= 4 is 11.9 Å². The van der Waals surface area contributed by atoms with Crippen molar-refractivity contribution in [2.45, 2.75) is 51.5 Å². The van der Waals surface area contributed by atoms with Gasteiger partial charge in [0.2, 0.25) is 5.91 Å². The van der Waals surface area contributed by atoms with E-state index in [1.807, 2.05) is 25.7 Å². The molecular weight excluding hydrogens is 274 g/mol. The maximum absolute atomic E-state index is 12.1. The van der Waals surface area contributed by atoms with E-state index in [1.54, 1.807) is 0 Å². The lowest BCUT2D eigenvalue weighted by molar-refractivity contribution is -0.188. The SMILES string of the molecule is CC(C)NC(=O)NC(=O)[C@H](C)N1CCC2(CC1)OCCO2. The topological polar surface area (TPSA) is 79.9 Å². The molecule has 0 aromatic rings. The van der Waals surface area contributed by atoms with Gasteiger partial charge in [-0.25, -0.2) is 4.79 Å². The zero-order valence-electron chi connectivity index (χ0n) is 13.0. The minimum Gasteiger partial charge on any atom is -0.347 e. The number of imide groups is 1. The molecule has 0 aliphatic carbocycles. The van der Waals surface area contributed by atoms with Crippen molar-refractivity contribution in [1.82, 2.24) is 15.5 Å². The second kappa shape index (κ2) is 6.72. The quantitative estimate of drug-likeness (QED) is 0.791. The van der Waals surface area contributed by atoms with Crippen molar-refractivity contribution in [3.05, 3.63) is 0 Å². The third-order valence-electron chi connectivity index (χ3n) is 3.96. The van der Waals surface area contributed by atoms with Crippen molar-refractivity contribution in [2.24, 2.45) is 0 Å². The molecule has 3 amide bonds. The Bertz CT molecular complexity index is 384. The molecule has 2 rings (SSSR count). The van der Waals surface area contributed by atoms with Crippen LogP contribution in [-0.4, -0.2) is 61.0 Å². The Hall–Kier alpha value is -1.18. The van der Waals surface area contributed by atoms with E-state index < -0.39 is 11.8 Å². The van der Waals surface area contributed by atoms with E-state index in [0.29, 0.717) is 13.2 Å². The monoisotopic (exact) mass is 299 g/mol. The molecule has 0 saturated carbocycles. The summed E-state index contributed by atoms with van der Waals surface area (Å²) in [6.07, 6.45) is 1.51. The van der Waals surface area contributed by atoms with Crippen molar-refractivity contribution < 1.29 is 19.1 Å². The molecule has 7 nitrogen and oxygen atoms in total. The molecule has 1 spiro atoms. The van der Waals surface area contributed by atoms with E-state index in [9.17, 15) is 9.59 Å². The van der Waals surface area contributed by atoms with Gasteiger partial charge in [-0.15, -0.1) is 0 Å². The van der Waals surface area contributed by atoms with Crippen LogP contribution >= 0.6 is 0 Å². The third kappa shape index (κ3) is 4.15. The largest absolute Gasteiger partial charge is 0.347 e. The first-order chi connectivity index (χ1) is 9.92. The van der Waals surface area contributed by atoms with Gasteiger partial charge in [-0.05, 0) is 20.8 Å². The van der Waals surface area contributed by atoms with Crippen LogP contribution in [0.25, 0.3) is 0 Å². The summed E-state index contributed by atoms with van der Waals surface area (Å²) in [5, 5.41) is 5.02. The molecule has 21 heavy (non-hydrogen) atoms. The van der Waals surface area contributed by atoms with Crippen LogP contribution in [0, 0.1) is 0 Å². The molecule has 0 unspecified atom stereocenters. The number of piperidine rings is 1. The van der Waals surface area contributed by atoms with Crippen LogP contribution in [0.2, 0.25) is 0 Å². The summed E-state index contributed by atoms with van der Waals surface area (Å²) in [6.45, 7) is 8.24. The number of hydrogen-bond acceptors (Lipinski definition) is 5. The van der Waals surface area contributed by atoms with Crippen LogP contribution in [0.5, 0.6) is 0 Å². The Morgan fingerprint density at radius 2 is 1.67 bits per heavy atom. The molecule has 7 heteroatoms. The zero-order valence-corrected chi connectivity index (χ0v) is 13.0. The number of nitrogens with one attached hydrogen (secondary N) is 2. The summed E-state index contributed by atoms with van der Waals surface area (Å²) in [6, 6.07) is -0.793. The van der Waals surface area contributed by atoms with Crippen LogP contribution in [-0.2, 0) is 14.3 Å². The van der Waals surface area contributed by atoms with Crippen LogP contribution in [0.3, 0.4) is 0 Å². The smallest absolute Gasteiger partial charge is 0.321 e. The lowest BCUT2D eigenvalue weighted by atomic mass is 10.0. The molecule has 2 saturated heterocycles. The zero-order chi connectivity index (χ0) is 15.5. The lowest BCUT2D eigenvalue weighted by Crippen LogP contribution is -2.54. The minimum absolute atomic E-state index is 0.000356. The predicted molar refractivity (Wildman–Crippen MR) is 76.7 cm³/mol. The van der Waals surface area contributed by atoms with Gasteiger partial charge in [-0.1, -0.05) is 0 Å². The lowest BCUT2D eigenvalue weighted by Gasteiger charge is -2.39. The number of hydrogen-bond donors (Lipinski definition) is 2. The molecule has 0 bridgehead atoms. The Kier molecular flexibility index (Phi) is 5.18. The van der Waals surface area contributed by atoms with Gasteiger partial charge in [0, 0.05) is 32.0 Å². The molecule has 0 radical (unpaired) electrons. The van der Waals surface area contributed by atoms with Gasteiger partial charge >= 0.3 is 6.03 Å². The first-order valence-corrected chi connectivity index (χ1v) is 7.55. The summed E-state index contributed by atoms with van der Waals surface area (Å²) >= 11 is 0. The normalized spacial score (nSPS) is 23.2. The number of urea groups is 1. The van der Waals surface area contributed by atoms with Gasteiger partial charge in [-0.2, -0.15) is 0 Å². The number of likely N-dealkylation sites (tertiary alicyclic amines) is 1. The Labute approximate surface area is 125 Å². The molecule has 1 atom stereocenters. The summed E-state index contributed by atoms with van der Waals surface area (Å²) in [7, 11) is 0. The van der Waals surface area contributed by atoms with Crippen molar-refractivity contribution in [2.75, 3.05) is 26.3 Å². The van der Waals surface area contributed by atoms with E-state index in [1.165, 1.54) is 0 Å². The first kappa shape index (κ1) is 16.2. The molecule has 2 heterocycles. The van der Waals surface area contributed by atoms with E-state index in [-0.39, 0.29) is 18.0 Å². The maximum Gasteiger partial charge on any atom is 0.321 e. The van der Waals surface area contributed by atoms with Crippen molar-refractivity contribution in [1.29, 1.82) is 0 Å². The van der Waals surface area contributed by atoms with Gasteiger partial charge in [0.1, 0.15) is 0 Å². The van der Waals surface area contributed by atoms with E-state index in [2.05, 4.69) is 10.6 Å². The van der Waals surface area contributed by atoms with E-state index >= 15 is 0 Å². The highest BCUT2D eigenvalue weighted by atomic mass is 16.7. The molecule has 2 N–H and O–H groups in total. The second-order valence-electron chi connectivity index (χ2n) is 5.94. The highest BCUT2D eigenvalue weighted by Gasteiger charge is 2.41. The first-order valence-electron chi connectivity index (χ1n) is 7.55. The fourth-order valence-corrected chi connectivity index (χ4v) is 2.72. The maximum atomic E-state index is 12.1. The van der Waals surface area contributed by atoms with Gasteiger partial charge in [0.05, 0.1) is 19.3 Å². The summed E-state index contributed by atoms with van der Waals surface area (Å²) in [4.78, 5) is 25.7. The standard InChI is InChI=1S/C14H25N3O4/c1-10(2)15-13(19)16-12(18)11(3)17-6-4-14(5-7-17)20-8-9-21-14/h10-11H,4-9H2,1-3H3,(H2,15,16,18,19)/t11-/m0/s1. The molecular formula is C14H25N3O4. The molecule has 2 fully saturated rings. The highest BCUT2D eigenvalue weighted by molar-refractivity contribution is 5.96. The van der Waals surface area contributed by atoms with Crippen LogP contribution in [0.15, 0.2) is 0 Å². The molecule has 2 aliphatic heterocycles. The van der Waals surface area contributed by atoms with Gasteiger partial charge in [0.25, 0.3) is 0 Å². The third-order valence-corrected chi connectivity index (χ3v) is 3.96. The van der Waals surface area contributed by atoms with Gasteiger partial charge in [0.15, 0.2) is 5.79 Å². The number of carbonyl (C=O) groups excluding carboxylic acids is 2. The van der Waals surface area contributed by atoms with E-state index in [0.717, 1.165) is 25.9 Å². The number of carbonyl (C=O) groups is 2. The molecule has 2 aliphatic rings. The average Bonchev–Trinajstić information content (AvgIpc) is 2.86. The average molecular weight is 299 g/mol. The molecule has 120 valence electrons. The fraction of sp³-hybridized carbons (Fsp3) is 0.857. The summed E-state index contributed by atoms with van der Waals surface area (Å²) in [5.74, 6) is -0.723. The number of rotatable bonds is 3. The van der Waals surface area contributed by atoms with Crippen molar-refractivity contribution in [3.8, 4) is 0 Å². The highest BCUT2D eigenvalue weighted by Crippen LogP contribution is 2.31. The Morgan fingerprint density at radius 1 is 1.10 bits per heavy atom.